The first kappa shape index (κ1) is 15.0. The molecule has 1 saturated carbocycles. The summed E-state index contributed by atoms with van der Waals surface area (Å²) < 4.78 is 2.35. The predicted molar refractivity (Wildman–Crippen MR) is 93.1 cm³/mol. The maximum Gasteiger partial charge on any atom is 0.307 e. The van der Waals surface area contributed by atoms with E-state index in [0.29, 0.717) is 13.0 Å². The molecule has 2 aromatic rings. The van der Waals surface area contributed by atoms with Gasteiger partial charge in [-0.3, -0.25) is 9.59 Å². The van der Waals surface area contributed by atoms with Crippen molar-refractivity contribution in [2.75, 3.05) is 6.54 Å². The number of carboxylic acid groups (broad SMARTS) is 1. The number of aliphatic carboxylic acids is 1. The molecule has 130 valence electrons. The average Bonchev–Trinajstić information content (AvgIpc) is 3.12. The topological polar surface area (TPSA) is 62.5 Å². The van der Waals surface area contributed by atoms with Crippen LogP contribution in [0.3, 0.4) is 0 Å². The minimum absolute atomic E-state index is 0.0714. The lowest BCUT2D eigenvalue weighted by molar-refractivity contribution is -0.144. The van der Waals surface area contributed by atoms with Gasteiger partial charge in [0, 0.05) is 42.0 Å². The molecule has 5 heteroatoms. The molecule has 5 rings (SSSR count). The van der Waals surface area contributed by atoms with Crippen LogP contribution in [-0.2, 0) is 21.7 Å². The van der Waals surface area contributed by atoms with Crippen LogP contribution in [0, 0.1) is 24.7 Å². The fraction of sp³-hybridized carbons (Fsp3) is 0.500. The van der Waals surface area contributed by atoms with Crippen molar-refractivity contribution in [2.24, 2.45) is 17.8 Å². The molecule has 25 heavy (non-hydrogen) atoms. The monoisotopic (exact) mass is 338 g/mol. The largest absolute Gasteiger partial charge is 0.481 e. The maximum absolute atomic E-state index is 12.8. The number of carboxylic acids is 1. The maximum atomic E-state index is 12.8. The third-order valence-electron chi connectivity index (χ3n) is 6.94. The number of rotatable bonds is 1. The first-order chi connectivity index (χ1) is 12.0. The lowest BCUT2D eigenvalue weighted by atomic mass is 9.79. The van der Waals surface area contributed by atoms with Crippen molar-refractivity contribution in [1.29, 1.82) is 0 Å². The Morgan fingerprint density at radius 1 is 1.28 bits per heavy atom. The smallest absolute Gasteiger partial charge is 0.307 e. The summed E-state index contributed by atoms with van der Waals surface area (Å²) in [5, 5.41) is 11.0. The summed E-state index contributed by atoms with van der Waals surface area (Å²) in [5.74, 6) is -1.14. The van der Waals surface area contributed by atoms with E-state index in [4.69, 9.17) is 0 Å². The Labute approximate surface area is 146 Å². The number of carbonyl (C=O) groups is 2. The van der Waals surface area contributed by atoms with Gasteiger partial charge >= 0.3 is 5.97 Å². The zero-order valence-electron chi connectivity index (χ0n) is 14.5. The molecule has 1 aromatic heterocycles. The number of carbonyl (C=O) groups excluding carboxylic acids is 1. The molecule has 1 saturated heterocycles. The molecule has 4 atom stereocenters. The molecule has 2 fully saturated rings. The van der Waals surface area contributed by atoms with E-state index < -0.39 is 17.4 Å². The summed E-state index contributed by atoms with van der Waals surface area (Å²) in [4.78, 5) is 26.7. The number of aromatic nitrogens is 1. The minimum Gasteiger partial charge on any atom is -0.481 e. The Balaban J connectivity index is 1.83. The number of hydrogen-bond acceptors (Lipinski definition) is 2. The van der Waals surface area contributed by atoms with Crippen LogP contribution in [0.4, 0.5) is 0 Å². The number of nitrogens with zero attached hydrogens (tertiary/aromatic N) is 2. The van der Waals surface area contributed by atoms with Gasteiger partial charge in [0.1, 0.15) is 0 Å². The molecule has 1 amide bonds. The number of hydrogen-bond donors (Lipinski definition) is 1. The van der Waals surface area contributed by atoms with E-state index >= 15 is 0 Å². The molecule has 5 nitrogen and oxygen atoms in total. The number of amides is 1. The quantitative estimate of drug-likeness (QED) is 0.870. The SMILES string of the molecule is Cc1c2n(c3ccccc13)CCN1C(=O)CC3C(C(=O)O)C(C)CC231. The van der Waals surface area contributed by atoms with Crippen molar-refractivity contribution < 1.29 is 14.7 Å². The Hall–Kier alpha value is -2.30. The standard InChI is InChI=1S/C20H22N2O3/c1-11-10-20-14(17(11)19(24)25)9-16(23)22(20)8-7-21-15-6-4-3-5-13(15)12(2)18(20)21/h3-6,11,14,17H,7-10H2,1-2H3,(H,24,25). The van der Waals surface area contributed by atoms with Gasteiger partial charge in [-0.25, -0.2) is 0 Å². The molecule has 1 spiro atoms. The highest BCUT2D eigenvalue weighted by molar-refractivity contribution is 5.89. The average molecular weight is 338 g/mol. The Kier molecular flexibility index (Phi) is 2.79. The number of para-hydroxylation sites is 1. The first-order valence-corrected chi connectivity index (χ1v) is 9.08. The van der Waals surface area contributed by atoms with E-state index in [-0.39, 0.29) is 17.7 Å². The summed E-state index contributed by atoms with van der Waals surface area (Å²) in [6.07, 6.45) is 1.11. The van der Waals surface area contributed by atoms with Gasteiger partial charge in [0.25, 0.3) is 0 Å². The van der Waals surface area contributed by atoms with Gasteiger partial charge in [0.15, 0.2) is 0 Å². The van der Waals surface area contributed by atoms with Crippen LogP contribution in [0.1, 0.15) is 31.0 Å². The Morgan fingerprint density at radius 3 is 2.80 bits per heavy atom. The van der Waals surface area contributed by atoms with Crippen molar-refractivity contribution in [3.63, 3.8) is 0 Å². The Morgan fingerprint density at radius 2 is 2.04 bits per heavy atom. The summed E-state index contributed by atoms with van der Waals surface area (Å²) in [5.41, 5.74) is 3.15. The van der Waals surface area contributed by atoms with Crippen molar-refractivity contribution in [2.45, 2.75) is 38.8 Å². The van der Waals surface area contributed by atoms with E-state index in [1.165, 1.54) is 22.2 Å². The molecule has 1 aliphatic carbocycles. The van der Waals surface area contributed by atoms with Gasteiger partial charge in [-0.15, -0.1) is 0 Å². The van der Waals surface area contributed by atoms with Crippen molar-refractivity contribution in [3.8, 4) is 0 Å². The van der Waals surface area contributed by atoms with Crippen molar-refractivity contribution in [1.82, 2.24) is 9.47 Å². The molecular formula is C20H22N2O3. The second-order valence-electron chi connectivity index (χ2n) is 7.97. The van der Waals surface area contributed by atoms with Crippen LogP contribution < -0.4 is 0 Å². The fourth-order valence-electron chi connectivity index (χ4n) is 6.20. The molecule has 1 aromatic carbocycles. The van der Waals surface area contributed by atoms with E-state index in [9.17, 15) is 14.7 Å². The van der Waals surface area contributed by atoms with Crippen LogP contribution in [0.2, 0.25) is 0 Å². The summed E-state index contributed by atoms with van der Waals surface area (Å²) >= 11 is 0. The summed E-state index contributed by atoms with van der Waals surface area (Å²) in [6, 6.07) is 8.37. The third-order valence-corrected chi connectivity index (χ3v) is 6.94. The fourth-order valence-corrected chi connectivity index (χ4v) is 6.20. The van der Waals surface area contributed by atoms with Crippen LogP contribution in [0.5, 0.6) is 0 Å². The van der Waals surface area contributed by atoms with Gasteiger partial charge in [0.2, 0.25) is 5.91 Å². The van der Waals surface area contributed by atoms with Gasteiger partial charge in [0.05, 0.1) is 11.5 Å². The van der Waals surface area contributed by atoms with E-state index in [0.717, 1.165) is 13.0 Å². The second-order valence-corrected chi connectivity index (χ2v) is 7.97. The molecule has 0 bridgehead atoms. The zero-order chi connectivity index (χ0) is 17.5. The van der Waals surface area contributed by atoms with E-state index in [1.807, 2.05) is 24.0 Å². The highest BCUT2D eigenvalue weighted by Gasteiger charge is 2.66. The zero-order valence-corrected chi connectivity index (χ0v) is 14.5. The van der Waals surface area contributed by atoms with Crippen molar-refractivity contribution in [3.05, 3.63) is 35.5 Å². The van der Waals surface area contributed by atoms with E-state index in [1.54, 1.807) is 0 Å². The third kappa shape index (κ3) is 1.59. The molecule has 1 N–H and O–H groups in total. The van der Waals surface area contributed by atoms with Gasteiger partial charge in [-0.2, -0.15) is 0 Å². The molecular weight excluding hydrogens is 316 g/mol. The summed E-state index contributed by atoms with van der Waals surface area (Å²) in [7, 11) is 0. The summed E-state index contributed by atoms with van der Waals surface area (Å²) in [6.45, 7) is 5.63. The van der Waals surface area contributed by atoms with Crippen LogP contribution in [0.15, 0.2) is 24.3 Å². The minimum atomic E-state index is -0.755. The lowest BCUT2D eigenvalue weighted by Gasteiger charge is -2.44. The highest BCUT2D eigenvalue weighted by Crippen LogP contribution is 2.61. The molecule has 4 unspecified atom stereocenters. The number of fused-ring (bicyclic) bond motifs is 3. The van der Waals surface area contributed by atoms with E-state index in [2.05, 4.69) is 23.6 Å². The molecule has 0 radical (unpaired) electrons. The normalized spacial score (nSPS) is 33.4. The van der Waals surface area contributed by atoms with Gasteiger partial charge in [-0.05, 0) is 30.9 Å². The van der Waals surface area contributed by atoms with Gasteiger partial charge in [-0.1, -0.05) is 25.1 Å². The Bertz CT molecular complexity index is 930. The number of benzene rings is 1. The molecule has 3 aliphatic rings. The first-order valence-electron chi connectivity index (χ1n) is 9.08. The second kappa shape index (κ2) is 4.65. The lowest BCUT2D eigenvalue weighted by Crippen LogP contribution is -2.51. The van der Waals surface area contributed by atoms with Crippen molar-refractivity contribution >= 4 is 22.8 Å². The molecule has 2 aliphatic heterocycles. The van der Waals surface area contributed by atoms with Crippen LogP contribution >= 0.6 is 0 Å². The van der Waals surface area contributed by atoms with Crippen LogP contribution in [0.25, 0.3) is 10.9 Å². The van der Waals surface area contributed by atoms with Gasteiger partial charge < -0.3 is 14.6 Å². The molecule has 3 heterocycles. The number of aryl methyl sites for hydroxylation is 1. The highest BCUT2D eigenvalue weighted by atomic mass is 16.4. The van der Waals surface area contributed by atoms with Crippen LogP contribution in [-0.4, -0.2) is 33.0 Å². The predicted octanol–water partition coefficient (Wildman–Crippen LogP) is 2.75.